The summed E-state index contributed by atoms with van der Waals surface area (Å²) in [5, 5.41) is 0. The van der Waals surface area contributed by atoms with Crippen LogP contribution in [0, 0.1) is 5.82 Å². The molecule has 2 N–H and O–H groups in total. The fraction of sp³-hybridized carbons (Fsp3) is 0.625. The summed E-state index contributed by atoms with van der Waals surface area (Å²) in [7, 11) is 1.66. The standard InChI is InChI=1S/C16H26FNO2/c1-5-13(18)11-12-7-6-8-14(17)15(12)20-10-9-16(2,3)19-4/h6-8,13H,5,9-11,18H2,1-4H3. The van der Waals surface area contributed by atoms with Crippen LogP contribution in [0.2, 0.25) is 0 Å². The van der Waals surface area contributed by atoms with Gasteiger partial charge in [-0.05, 0) is 38.3 Å². The molecule has 0 saturated carbocycles. The van der Waals surface area contributed by atoms with Crippen LogP contribution in [0.1, 0.15) is 39.2 Å². The number of halogens is 1. The minimum Gasteiger partial charge on any atom is -0.490 e. The van der Waals surface area contributed by atoms with Gasteiger partial charge in [0.1, 0.15) is 0 Å². The molecule has 114 valence electrons. The zero-order valence-electron chi connectivity index (χ0n) is 12.9. The minimum atomic E-state index is -0.332. The van der Waals surface area contributed by atoms with Gasteiger partial charge in [-0.25, -0.2) is 4.39 Å². The van der Waals surface area contributed by atoms with Gasteiger partial charge in [0, 0.05) is 19.6 Å². The number of rotatable bonds is 8. The number of para-hydroxylation sites is 1. The van der Waals surface area contributed by atoms with Crippen LogP contribution in [0.5, 0.6) is 5.75 Å². The van der Waals surface area contributed by atoms with Crippen molar-refractivity contribution in [2.24, 2.45) is 5.73 Å². The summed E-state index contributed by atoms with van der Waals surface area (Å²) in [4.78, 5) is 0. The van der Waals surface area contributed by atoms with E-state index in [1.165, 1.54) is 6.07 Å². The highest BCUT2D eigenvalue weighted by molar-refractivity contribution is 5.35. The van der Waals surface area contributed by atoms with Crippen LogP contribution >= 0.6 is 0 Å². The predicted molar refractivity (Wildman–Crippen MR) is 79.6 cm³/mol. The second-order valence-electron chi connectivity index (χ2n) is 5.66. The molecule has 0 bridgehead atoms. The van der Waals surface area contributed by atoms with E-state index in [4.69, 9.17) is 15.2 Å². The fourth-order valence-electron chi connectivity index (χ4n) is 1.80. The maximum absolute atomic E-state index is 13.9. The maximum atomic E-state index is 13.9. The first-order valence-electron chi connectivity index (χ1n) is 7.10. The Bertz CT molecular complexity index is 421. The topological polar surface area (TPSA) is 44.5 Å². The summed E-state index contributed by atoms with van der Waals surface area (Å²) in [5.74, 6) is -0.00988. The SMILES string of the molecule is CCC(N)Cc1cccc(F)c1OCCC(C)(C)OC. The molecule has 1 aromatic carbocycles. The third-order valence-electron chi connectivity index (χ3n) is 3.56. The van der Waals surface area contributed by atoms with Crippen molar-refractivity contribution in [1.82, 2.24) is 0 Å². The van der Waals surface area contributed by atoms with Gasteiger partial charge >= 0.3 is 0 Å². The van der Waals surface area contributed by atoms with Gasteiger partial charge in [-0.3, -0.25) is 0 Å². The van der Waals surface area contributed by atoms with E-state index in [1.807, 2.05) is 26.8 Å². The molecule has 0 radical (unpaired) electrons. The summed E-state index contributed by atoms with van der Waals surface area (Å²) in [6.45, 7) is 6.39. The van der Waals surface area contributed by atoms with Crippen LogP contribution in [-0.4, -0.2) is 25.4 Å². The van der Waals surface area contributed by atoms with Crippen LogP contribution < -0.4 is 10.5 Å². The van der Waals surface area contributed by atoms with E-state index in [-0.39, 0.29) is 17.5 Å². The molecule has 0 aliphatic carbocycles. The predicted octanol–water partition coefficient (Wildman–Crippen LogP) is 3.30. The van der Waals surface area contributed by atoms with Gasteiger partial charge in [0.15, 0.2) is 11.6 Å². The summed E-state index contributed by atoms with van der Waals surface area (Å²) in [5.41, 5.74) is 6.50. The van der Waals surface area contributed by atoms with Crippen LogP contribution in [-0.2, 0) is 11.2 Å². The summed E-state index contributed by atoms with van der Waals surface area (Å²) >= 11 is 0. The number of benzene rings is 1. The van der Waals surface area contributed by atoms with Crippen molar-refractivity contribution in [3.8, 4) is 5.75 Å². The normalized spacial score (nSPS) is 13.3. The first-order chi connectivity index (χ1) is 9.39. The smallest absolute Gasteiger partial charge is 0.165 e. The van der Waals surface area contributed by atoms with E-state index in [1.54, 1.807) is 13.2 Å². The second kappa shape index (κ2) is 7.60. The molecule has 0 fully saturated rings. The highest BCUT2D eigenvalue weighted by Crippen LogP contribution is 2.25. The first kappa shape index (κ1) is 16.9. The van der Waals surface area contributed by atoms with E-state index in [0.29, 0.717) is 25.2 Å². The molecule has 0 aliphatic heterocycles. The third kappa shape index (κ3) is 5.10. The van der Waals surface area contributed by atoms with E-state index in [2.05, 4.69) is 0 Å². The van der Waals surface area contributed by atoms with E-state index >= 15 is 0 Å². The fourth-order valence-corrected chi connectivity index (χ4v) is 1.80. The lowest BCUT2D eigenvalue weighted by Crippen LogP contribution is -2.26. The lowest BCUT2D eigenvalue weighted by molar-refractivity contribution is 0.00504. The van der Waals surface area contributed by atoms with Crippen LogP contribution in [0.4, 0.5) is 4.39 Å². The molecule has 3 nitrogen and oxygen atoms in total. The molecular weight excluding hydrogens is 257 g/mol. The summed E-state index contributed by atoms with van der Waals surface area (Å²) in [6, 6.07) is 5.00. The number of hydrogen-bond donors (Lipinski definition) is 1. The Morgan fingerprint density at radius 2 is 2.05 bits per heavy atom. The molecule has 0 amide bonds. The summed E-state index contributed by atoms with van der Waals surface area (Å²) in [6.07, 6.45) is 2.17. The second-order valence-corrected chi connectivity index (χ2v) is 5.66. The lowest BCUT2D eigenvalue weighted by atomic mass is 10.0. The Morgan fingerprint density at radius 3 is 2.65 bits per heavy atom. The Labute approximate surface area is 121 Å². The van der Waals surface area contributed by atoms with Crippen LogP contribution in [0.3, 0.4) is 0 Å². The highest BCUT2D eigenvalue weighted by Gasteiger charge is 2.18. The zero-order valence-corrected chi connectivity index (χ0v) is 12.9. The number of ether oxygens (including phenoxy) is 2. The first-order valence-corrected chi connectivity index (χ1v) is 7.10. The molecule has 20 heavy (non-hydrogen) atoms. The van der Waals surface area contributed by atoms with Crippen molar-refractivity contribution >= 4 is 0 Å². The monoisotopic (exact) mass is 283 g/mol. The van der Waals surface area contributed by atoms with Crippen LogP contribution in [0.15, 0.2) is 18.2 Å². The van der Waals surface area contributed by atoms with Gasteiger partial charge in [0.2, 0.25) is 0 Å². The van der Waals surface area contributed by atoms with Crippen molar-refractivity contribution in [2.75, 3.05) is 13.7 Å². The molecule has 1 rings (SSSR count). The third-order valence-corrected chi connectivity index (χ3v) is 3.56. The van der Waals surface area contributed by atoms with Gasteiger partial charge < -0.3 is 15.2 Å². The van der Waals surface area contributed by atoms with Gasteiger partial charge in [-0.1, -0.05) is 19.1 Å². The molecule has 0 heterocycles. The Morgan fingerprint density at radius 1 is 1.35 bits per heavy atom. The van der Waals surface area contributed by atoms with Crippen molar-refractivity contribution in [2.45, 2.75) is 51.7 Å². The van der Waals surface area contributed by atoms with Gasteiger partial charge in [-0.15, -0.1) is 0 Å². The minimum absolute atomic E-state index is 0.0227. The maximum Gasteiger partial charge on any atom is 0.165 e. The molecule has 0 aliphatic rings. The summed E-state index contributed by atoms with van der Waals surface area (Å²) < 4.78 is 24.9. The zero-order chi connectivity index (χ0) is 15.2. The van der Waals surface area contributed by atoms with Crippen molar-refractivity contribution in [3.63, 3.8) is 0 Å². The van der Waals surface area contributed by atoms with Gasteiger partial charge in [0.05, 0.1) is 12.2 Å². The largest absolute Gasteiger partial charge is 0.490 e. The number of nitrogens with two attached hydrogens (primary N) is 1. The molecule has 0 aromatic heterocycles. The van der Waals surface area contributed by atoms with Gasteiger partial charge in [0.25, 0.3) is 0 Å². The number of hydrogen-bond acceptors (Lipinski definition) is 3. The van der Waals surface area contributed by atoms with Gasteiger partial charge in [-0.2, -0.15) is 0 Å². The molecule has 1 aromatic rings. The van der Waals surface area contributed by atoms with Crippen molar-refractivity contribution < 1.29 is 13.9 Å². The number of methoxy groups -OCH3 is 1. The molecule has 1 unspecified atom stereocenters. The Hall–Kier alpha value is -1.13. The van der Waals surface area contributed by atoms with Crippen molar-refractivity contribution in [3.05, 3.63) is 29.6 Å². The lowest BCUT2D eigenvalue weighted by Gasteiger charge is -2.23. The molecule has 0 saturated heterocycles. The average molecular weight is 283 g/mol. The van der Waals surface area contributed by atoms with E-state index in [0.717, 1.165) is 12.0 Å². The molecule has 4 heteroatoms. The highest BCUT2D eigenvalue weighted by atomic mass is 19.1. The van der Waals surface area contributed by atoms with Crippen LogP contribution in [0.25, 0.3) is 0 Å². The average Bonchev–Trinajstić information content (AvgIpc) is 2.41. The Balaban J connectivity index is 2.73. The van der Waals surface area contributed by atoms with E-state index < -0.39 is 0 Å². The quantitative estimate of drug-likeness (QED) is 0.796. The molecule has 1 atom stereocenters. The van der Waals surface area contributed by atoms with Crippen molar-refractivity contribution in [1.29, 1.82) is 0 Å². The molecular formula is C16H26FNO2. The van der Waals surface area contributed by atoms with E-state index in [9.17, 15) is 4.39 Å². The Kier molecular flexibility index (Phi) is 6.43. The molecule has 0 spiro atoms.